The smallest absolute Gasteiger partial charge is 0.414 e. The first-order valence-electron chi connectivity index (χ1n) is 7.97. The van der Waals surface area contributed by atoms with E-state index in [-0.39, 0.29) is 19.0 Å². The van der Waals surface area contributed by atoms with Gasteiger partial charge >= 0.3 is 6.09 Å². The highest BCUT2D eigenvalue weighted by atomic mass is 32.1. The van der Waals surface area contributed by atoms with Crippen molar-refractivity contribution in [1.29, 1.82) is 0 Å². The Hall–Kier alpha value is -2.59. The lowest BCUT2D eigenvalue weighted by atomic mass is 10.2. The number of carbonyl (C=O) groups excluding carboxylic acids is 2. The average molecular weight is 379 g/mol. The van der Waals surface area contributed by atoms with Crippen LogP contribution in [0.2, 0.25) is 0 Å². The van der Waals surface area contributed by atoms with Gasteiger partial charge in [0.2, 0.25) is 5.91 Å². The number of aromatic nitrogens is 2. The zero-order valence-electron chi connectivity index (χ0n) is 14.3. The van der Waals surface area contributed by atoms with Crippen molar-refractivity contribution in [1.82, 2.24) is 20.8 Å². The molecule has 138 valence electrons. The molecule has 0 aliphatic carbocycles. The monoisotopic (exact) mass is 379 g/mol. The molecule has 3 rings (SSSR count). The first kappa shape index (κ1) is 18.2. The van der Waals surface area contributed by atoms with Crippen molar-refractivity contribution in [3.8, 4) is 10.6 Å². The van der Waals surface area contributed by atoms with Gasteiger partial charge < -0.3 is 15.4 Å². The molecule has 1 aliphatic heterocycles. The Balaban J connectivity index is 1.74. The summed E-state index contributed by atoms with van der Waals surface area (Å²) in [6.45, 7) is 2.41. The summed E-state index contributed by atoms with van der Waals surface area (Å²) in [5.74, 6) is -0.697. The molecule has 2 N–H and O–H groups in total. The van der Waals surface area contributed by atoms with Gasteiger partial charge in [0, 0.05) is 19.0 Å². The molecule has 2 heterocycles. The lowest BCUT2D eigenvalue weighted by molar-refractivity contribution is -0.119. The third-order valence-electron chi connectivity index (χ3n) is 3.74. The fraction of sp³-hybridized carbons (Fsp3) is 0.375. The number of carbonyl (C=O) groups is 2. The summed E-state index contributed by atoms with van der Waals surface area (Å²) >= 11 is 1.30. The van der Waals surface area contributed by atoms with E-state index < -0.39 is 18.0 Å². The van der Waals surface area contributed by atoms with E-state index in [4.69, 9.17) is 4.74 Å². The highest BCUT2D eigenvalue weighted by molar-refractivity contribution is 7.14. The molecule has 0 saturated carbocycles. The largest absolute Gasteiger partial charge is 0.442 e. The topological polar surface area (TPSA) is 96.5 Å². The Bertz CT molecular complexity index is 828. The Kier molecular flexibility index (Phi) is 5.43. The third kappa shape index (κ3) is 3.97. The summed E-state index contributed by atoms with van der Waals surface area (Å²) in [6.07, 6.45) is -1.04. The summed E-state index contributed by atoms with van der Waals surface area (Å²) in [5.41, 5.74) is 0.720. The van der Waals surface area contributed by atoms with Crippen LogP contribution in [0.5, 0.6) is 0 Å². The first-order valence-corrected chi connectivity index (χ1v) is 8.79. The SMILES string of the molecule is CNCc1nnc(-c2ccc(N3C[C@H](CNC(C)=O)OC3=O)cc2F)s1. The lowest BCUT2D eigenvalue weighted by Gasteiger charge is -2.14. The minimum Gasteiger partial charge on any atom is -0.442 e. The molecular weight excluding hydrogens is 361 g/mol. The third-order valence-corrected chi connectivity index (χ3v) is 4.70. The predicted molar refractivity (Wildman–Crippen MR) is 94.4 cm³/mol. The number of nitrogens with one attached hydrogen (secondary N) is 2. The number of ether oxygens (including phenoxy) is 1. The molecular formula is C16H18FN5O3S. The van der Waals surface area contributed by atoms with Crippen LogP contribution in [0.4, 0.5) is 14.9 Å². The molecule has 1 saturated heterocycles. The molecule has 8 nitrogen and oxygen atoms in total. The van der Waals surface area contributed by atoms with E-state index in [0.29, 0.717) is 22.8 Å². The van der Waals surface area contributed by atoms with Crippen LogP contribution in [0.3, 0.4) is 0 Å². The van der Waals surface area contributed by atoms with E-state index in [0.717, 1.165) is 5.01 Å². The van der Waals surface area contributed by atoms with E-state index in [9.17, 15) is 14.0 Å². The molecule has 1 aromatic heterocycles. The Morgan fingerprint density at radius 1 is 1.46 bits per heavy atom. The second-order valence-electron chi connectivity index (χ2n) is 5.75. The van der Waals surface area contributed by atoms with Gasteiger partial charge in [-0.05, 0) is 25.2 Å². The summed E-state index contributed by atoms with van der Waals surface area (Å²) in [7, 11) is 1.80. The molecule has 0 bridgehead atoms. The molecule has 1 atom stereocenters. The molecule has 0 radical (unpaired) electrons. The van der Waals surface area contributed by atoms with E-state index >= 15 is 0 Å². The van der Waals surface area contributed by atoms with Gasteiger partial charge in [0.05, 0.1) is 18.8 Å². The van der Waals surface area contributed by atoms with Crippen LogP contribution >= 0.6 is 11.3 Å². The zero-order valence-corrected chi connectivity index (χ0v) is 15.1. The summed E-state index contributed by atoms with van der Waals surface area (Å²) in [6, 6.07) is 4.48. The van der Waals surface area contributed by atoms with Crippen molar-refractivity contribution in [2.24, 2.45) is 0 Å². The number of nitrogens with zero attached hydrogens (tertiary/aromatic N) is 3. The van der Waals surface area contributed by atoms with Crippen LogP contribution in [0, 0.1) is 5.82 Å². The van der Waals surface area contributed by atoms with Crippen molar-refractivity contribution in [3.63, 3.8) is 0 Å². The minimum absolute atomic E-state index is 0.204. The Morgan fingerprint density at radius 3 is 2.96 bits per heavy atom. The van der Waals surface area contributed by atoms with Gasteiger partial charge in [-0.1, -0.05) is 11.3 Å². The predicted octanol–water partition coefficient (Wildman–Crippen LogP) is 1.52. The van der Waals surface area contributed by atoms with Crippen LogP contribution in [-0.2, 0) is 16.1 Å². The maximum Gasteiger partial charge on any atom is 0.414 e. The highest BCUT2D eigenvalue weighted by Crippen LogP contribution is 2.30. The molecule has 26 heavy (non-hydrogen) atoms. The van der Waals surface area contributed by atoms with Gasteiger partial charge in [-0.2, -0.15) is 0 Å². The molecule has 2 amide bonds. The van der Waals surface area contributed by atoms with Crippen molar-refractivity contribution in [2.45, 2.75) is 19.6 Å². The second-order valence-corrected chi connectivity index (χ2v) is 6.81. The van der Waals surface area contributed by atoms with Gasteiger partial charge in [0.1, 0.15) is 16.9 Å². The number of anilines is 1. The van der Waals surface area contributed by atoms with E-state index in [1.807, 2.05) is 0 Å². The number of halogens is 1. The van der Waals surface area contributed by atoms with E-state index in [1.54, 1.807) is 19.2 Å². The van der Waals surface area contributed by atoms with Crippen LogP contribution in [0.15, 0.2) is 18.2 Å². The number of amides is 2. The average Bonchev–Trinajstić information content (AvgIpc) is 3.20. The zero-order chi connectivity index (χ0) is 18.7. The molecule has 0 spiro atoms. The normalized spacial score (nSPS) is 16.7. The molecule has 0 unspecified atom stereocenters. The van der Waals surface area contributed by atoms with Crippen LogP contribution in [0.1, 0.15) is 11.9 Å². The van der Waals surface area contributed by atoms with Crippen molar-refractivity contribution in [3.05, 3.63) is 29.0 Å². The molecule has 1 aliphatic rings. The quantitative estimate of drug-likeness (QED) is 0.790. The fourth-order valence-corrected chi connectivity index (χ4v) is 3.41. The van der Waals surface area contributed by atoms with Crippen molar-refractivity contribution in [2.75, 3.05) is 25.0 Å². The lowest BCUT2D eigenvalue weighted by Crippen LogP contribution is -2.33. The molecule has 1 aromatic carbocycles. The van der Waals surface area contributed by atoms with E-state index in [1.165, 1.54) is 29.2 Å². The van der Waals surface area contributed by atoms with Gasteiger partial charge in [-0.25, -0.2) is 9.18 Å². The molecule has 2 aromatic rings. The Labute approximate surface area is 153 Å². The van der Waals surface area contributed by atoms with Crippen LogP contribution in [0.25, 0.3) is 10.6 Å². The maximum atomic E-state index is 14.5. The first-order chi connectivity index (χ1) is 12.5. The highest BCUT2D eigenvalue weighted by Gasteiger charge is 2.32. The minimum atomic E-state index is -0.570. The van der Waals surface area contributed by atoms with Gasteiger partial charge in [-0.3, -0.25) is 9.69 Å². The van der Waals surface area contributed by atoms with Crippen molar-refractivity contribution >= 4 is 29.0 Å². The summed E-state index contributed by atoms with van der Waals surface area (Å²) in [4.78, 5) is 24.3. The number of cyclic esters (lactones) is 1. The molecule has 1 fully saturated rings. The number of hydrogen-bond donors (Lipinski definition) is 2. The van der Waals surface area contributed by atoms with Gasteiger partial charge in [0.25, 0.3) is 0 Å². The van der Waals surface area contributed by atoms with E-state index in [2.05, 4.69) is 20.8 Å². The van der Waals surface area contributed by atoms with Crippen LogP contribution in [-0.4, -0.2) is 48.4 Å². The van der Waals surface area contributed by atoms with Crippen molar-refractivity contribution < 1.29 is 18.7 Å². The number of hydrogen-bond acceptors (Lipinski definition) is 7. The fourth-order valence-electron chi connectivity index (χ4n) is 2.53. The summed E-state index contributed by atoms with van der Waals surface area (Å²) in [5, 5.41) is 14.8. The summed E-state index contributed by atoms with van der Waals surface area (Å²) < 4.78 is 19.7. The Morgan fingerprint density at radius 2 is 2.27 bits per heavy atom. The van der Waals surface area contributed by atoms with Gasteiger partial charge in [-0.15, -0.1) is 10.2 Å². The number of rotatable bonds is 6. The number of benzene rings is 1. The molecule has 10 heteroatoms. The maximum absolute atomic E-state index is 14.5. The second kappa shape index (κ2) is 7.75. The van der Waals surface area contributed by atoms with Crippen LogP contribution < -0.4 is 15.5 Å². The van der Waals surface area contributed by atoms with Gasteiger partial charge in [0.15, 0.2) is 5.01 Å². The standard InChI is InChI=1S/C16H18FN5O3S/c1-9(23)19-6-11-8-22(16(24)25-11)10-3-4-12(13(17)5-10)15-21-20-14(26-15)7-18-2/h3-5,11,18H,6-8H2,1-2H3,(H,19,23)/t11-/m0/s1.